The molecule has 0 bridgehead atoms. The number of ether oxygens (including phenoxy) is 1. The minimum Gasteiger partial charge on any atom is -0.399 e. The normalized spacial score (nSPS) is 30.9. The lowest BCUT2D eigenvalue weighted by Gasteiger charge is -2.49. The third-order valence-electron chi connectivity index (χ3n) is 7.87. The first kappa shape index (κ1) is 23.1. The van der Waals surface area contributed by atoms with Crippen LogP contribution in [0.25, 0.3) is 0 Å². The van der Waals surface area contributed by atoms with Gasteiger partial charge in [0.15, 0.2) is 0 Å². The predicted molar refractivity (Wildman–Crippen MR) is 123 cm³/mol. The highest BCUT2D eigenvalue weighted by atomic mass is 32.2. The Labute approximate surface area is 190 Å². The maximum absolute atomic E-state index is 5.88. The fourth-order valence-electron chi connectivity index (χ4n) is 6.35. The van der Waals surface area contributed by atoms with Gasteiger partial charge in [-0.1, -0.05) is 24.6 Å². The molecular weight excluding hydrogens is 412 g/mol. The lowest BCUT2D eigenvalue weighted by Crippen LogP contribution is -2.40. The van der Waals surface area contributed by atoms with Gasteiger partial charge in [0.2, 0.25) is 0 Å². The summed E-state index contributed by atoms with van der Waals surface area (Å²) >= 11 is 0.737. The number of hydrogen-bond acceptors (Lipinski definition) is 7. The van der Waals surface area contributed by atoms with Gasteiger partial charge in [0.1, 0.15) is 5.75 Å². The quantitative estimate of drug-likeness (QED) is 0.191. The van der Waals surface area contributed by atoms with Crippen molar-refractivity contribution in [3.8, 4) is 5.75 Å². The summed E-state index contributed by atoms with van der Waals surface area (Å²) in [7, 11) is 4.17. The van der Waals surface area contributed by atoms with Gasteiger partial charge in [0.05, 0.1) is 13.2 Å². The van der Waals surface area contributed by atoms with Crippen molar-refractivity contribution in [2.24, 2.45) is 23.1 Å². The van der Waals surface area contributed by atoms with Crippen molar-refractivity contribution in [3.63, 3.8) is 0 Å². The Morgan fingerprint density at radius 3 is 2.90 bits per heavy atom. The van der Waals surface area contributed by atoms with Crippen molar-refractivity contribution in [2.45, 2.75) is 51.4 Å². The summed E-state index contributed by atoms with van der Waals surface area (Å²) in [6.45, 7) is 5.05. The molecule has 0 aromatic heterocycles. The van der Waals surface area contributed by atoms with Gasteiger partial charge in [-0.3, -0.25) is 0 Å². The van der Waals surface area contributed by atoms with E-state index < -0.39 is 0 Å². The van der Waals surface area contributed by atoms with Gasteiger partial charge in [0.25, 0.3) is 12.3 Å². The molecule has 4 atom stereocenters. The molecule has 0 amide bonds. The third-order valence-corrected chi connectivity index (χ3v) is 8.27. The topological polar surface area (TPSA) is 66.2 Å². The average molecular weight is 449 g/mol. The molecule has 6 nitrogen and oxygen atoms in total. The van der Waals surface area contributed by atoms with Gasteiger partial charge in [-0.25, -0.2) is 0 Å². The zero-order valence-corrected chi connectivity index (χ0v) is 19.8. The summed E-state index contributed by atoms with van der Waals surface area (Å²) in [6, 6.07) is 6.45. The molecule has 7 heteroatoms. The van der Waals surface area contributed by atoms with E-state index in [1.54, 1.807) is 5.57 Å². The Kier molecular flexibility index (Phi) is 7.62. The zero-order valence-electron chi connectivity index (χ0n) is 19.0. The van der Waals surface area contributed by atoms with Crippen LogP contribution in [0.1, 0.15) is 56.1 Å². The molecule has 2 saturated carbocycles. The first-order valence-electron chi connectivity index (χ1n) is 11.4. The smallest absolute Gasteiger partial charge is 0.260 e. The second-order valence-corrected chi connectivity index (χ2v) is 10.1. The summed E-state index contributed by atoms with van der Waals surface area (Å²) < 4.78 is 15.9. The van der Waals surface area contributed by atoms with Gasteiger partial charge in [-0.2, -0.15) is 5.90 Å². The number of aryl methyl sites for hydroxylation is 1. The van der Waals surface area contributed by atoms with E-state index in [9.17, 15) is 0 Å². The number of likely N-dealkylation sites (N-methyl/N-ethyl adjacent to an activating group) is 1. The Morgan fingerprint density at radius 2 is 2.10 bits per heavy atom. The third kappa shape index (κ3) is 4.97. The number of benzene rings is 1. The van der Waals surface area contributed by atoms with Crippen molar-refractivity contribution in [3.05, 3.63) is 41.0 Å². The number of rotatable bonds is 9. The molecule has 2 fully saturated rings. The van der Waals surface area contributed by atoms with Crippen LogP contribution in [-0.2, 0) is 20.5 Å². The van der Waals surface area contributed by atoms with E-state index in [1.807, 2.05) is 6.07 Å². The minimum atomic E-state index is 0.350. The van der Waals surface area contributed by atoms with Crippen LogP contribution in [0.15, 0.2) is 29.8 Å². The number of fused-ring (bicyclic) bond motifs is 5. The number of nitrogens with two attached hydrogens (primary N) is 1. The second kappa shape index (κ2) is 10.2. The van der Waals surface area contributed by atoms with Gasteiger partial charge in [-0.15, -0.1) is 9.32 Å². The Bertz CT molecular complexity index is 787. The molecule has 0 spiro atoms. The maximum atomic E-state index is 5.88. The highest BCUT2D eigenvalue weighted by Crippen LogP contribution is 2.62. The second-order valence-electron chi connectivity index (χ2n) is 9.69. The summed E-state index contributed by atoms with van der Waals surface area (Å²) in [5, 5.41) is 0. The molecule has 31 heavy (non-hydrogen) atoms. The molecule has 3 aliphatic rings. The van der Waals surface area contributed by atoms with E-state index >= 15 is 0 Å². The lowest BCUT2D eigenvalue weighted by atomic mass is 9.55. The van der Waals surface area contributed by atoms with Crippen LogP contribution in [0, 0.1) is 17.3 Å². The molecule has 0 radical (unpaired) electrons. The van der Waals surface area contributed by atoms with Crippen LogP contribution in [-0.4, -0.2) is 38.8 Å². The van der Waals surface area contributed by atoms with E-state index in [4.69, 9.17) is 14.8 Å². The highest BCUT2D eigenvalue weighted by molar-refractivity contribution is 7.90. The van der Waals surface area contributed by atoms with Crippen LogP contribution in [0.4, 0.5) is 0 Å². The first-order chi connectivity index (χ1) is 15.0. The van der Waals surface area contributed by atoms with Crippen LogP contribution >= 0.6 is 12.3 Å². The number of hydrogen-bond donors (Lipinski definition) is 1. The van der Waals surface area contributed by atoms with E-state index in [-0.39, 0.29) is 0 Å². The molecule has 1 aromatic carbocycles. The Hall–Kier alpha value is -1.09. The van der Waals surface area contributed by atoms with Gasteiger partial charge >= 0.3 is 0 Å². The molecule has 4 rings (SSSR count). The summed E-state index contributed by atoms with van der Waals surface area (Å²) in [6.07, 6.45) is 9.89. The Morgan fingerprint density at radius 1 is 1.23 bits per heavy atom. The number of allylic oxidation sites excluding steroid dienone is 1. The number of nitrogens with zero attached hydrogens (tertiary/aromatic N) is 1. The van der Waals surface area contributed by atoms with Crippen molar-refractivity contribution in [1.82, 2.24) is 4.90 Å². The molecule has 2 N–H and O–H groups in total. The van der Waals surface area contributed by atoms with Gasteiger partial charge in [-0.05, 0) is 99.0 Å². The van der Waals surface area contributed by atoms with Gasteiger partial charge < -0.3 is 13.8 Å². The first-order valence-corrected chi connectivity index (χ1v) is 12.1. The van der Waals surface area contributed by atoms with Crippen molar-refractivity contribution < 1.29 is 18.2 Å². The average Bonchev–Trinajstić information content (AvgIpc) is 3.09. The van der Waals surface area contributed by atoms with Crippen LogP contribution in [0.5, 0.6) is 5.75 Å². The molecule has 1 aromatic rings. The van der Waals surface area contributed by atoms with Crippen molar-refractivity contribution in [1.29, 1.82) is 0 Å². The standard InChI is InChI=1S/C24H36N2O4S/c1-24-12-10-21-20-8-6-19(28-31-30-29-25)16-17(20)4-7-22(21)23(24)9-5-18(24)11-14-27-15-13-26(2)3/h6,8,11,16,21-23H,4-5,7,9-10,12-15,25H2,1-3H3/b18-11+. The van der Waals surface area contributed by atoms with Crippen LogP contribution in [0.2, 0.25) is 0 Å². The van der Waals surface area contributed by atoms with Crippen LogP contribution < -0.4 is 10.1 Å². The molecule has 4 unspecified atom stereocenters. The largest absolute Gasteiger partial charge is 0.399 e. The van der Waals surface area contributed by atoms with Crippen molar-refractivity contribution in [2.75, 3.05) is 33.9 Å². The predicted octanol–water partition coefficient (Wildman–Crippen LogP) is 4.81. The molecule has 172 valence electrons. The minimum absolute atomic E-state index is 0.350. The van der Waals surface area contributed by atoms with Gasteiger partial charge in [0, 0.05) is 6.54 Å². The summed E-state index contributed by atoms with van der Waals surface area (Å²) in [4.78, 5) is 6.24. The molecule has 3 aliphatic carbocycles. The van der Waals surface area contributed by atoms with E-state index in [1.165, 1.54) is 43.2 Å². The molecular formula is C24H36N2O4S. The zero-order chi connectivity index (χ0) is 21.8. The van der Waals surface area contributed by atoms with Crippen LogP contribution in [0.3, 0.4) is 0 Å². The van der Waals surface area contributed by atoms with E-state index in [0.29, 0.717) is 11.3 Å². The van der Waals surface area contributed by atoms with Crippen molar-refractivity contribution >= 4 is 12.3 Å². The molecule has 0 saturated heterocycles. The monoisotopic (exact) mass is 448 g/mol. The lowest BCUT2D eigenvalue weighted by molar-refractivity contribution is -0.199. The highest BCUT2D eigenvalue weighted by Gasteiger charge is 2.52. The fourth-order valence-corrected chi connectivity index (χ4v) is 6.59. The summed E-state index contributed by atoms with van der Waals surface area (Å²) in [5.41, 5.74) is 4.94. The van der Waals surface area contributed by atoms with E-state index in [2.05, 4.69) is 53.4 Å². The fraction of sp³-hybridized carbons (Fsp3) is 0.667. The SMILES string of the molecule is CN(C)CCOC/C=C1\CCC2C3CCc4cc(OSOON)ccc4C3CCC12C. The maximum Gasteiger partial charge on any atom is 0.260 e. The molecule has 0 heterocycles. The Balaban J connectivity index is 1.41. The summed E-state index contributed by atoms with van der Waals surface area (Å²) in [5.74, 6) is 7.87. The van der Waals surface area contributed by atoms with E-state index in [0.717, 1.165) is 56.1 Å². The molecule has 0 aliphatic heterocycles.